The highest BCUT2D eigenvalue weighted by Gasteiger charge is 2.31. The number of rotatable bonds is 7. The highest BCUT2D eigenvalue weighted by molar-refractivity contribution is 7.92. The second-order valence-corrected chi connectivity index (χ2v) is 8.47. The first kappa shape index (κ1) is 20.8. The molecule has 7 heteroatoms. The van der Waals surface area contributed by atoms with Gasteiger partial charge in [-0.05, 0) is 44.0 Å². The van der Waals surface area contributed by atoms with Gasteiger partial charge in [-0.3, -0.25) is 9.10 Å². The van der Waals surface area contributed by atoms with Crippen LogP contribution in [0.3, 0.4) is 0 Å². The summed E-state index contributed by atoms with van der Waals surface area (Å²) in [4.78, 5) is 12.7. The molecule has 146 valence electrons. The summed E-state index contributed by atoms with van der Waals surface area (Å²) in [5.74, 6) is 0.00812. The minimum Gasteiger partial charge on any atom is -0.495 e. The lowest BCUT2D eigenvalue weighted by Gasteiger charge is -2.29. The van der Waals surface area contributed by atoms with Crippen LogP contribution < -0.4 is 14.4 Å². The highest BCUT2D eigenvalue weighted by atomic mass is 32.2. The van der Waals surface area contributed by atoms with Crippen LogP contribution in [0, 0.1) is 13.8 Å². The summed E-state index contributed by atoms with van der Waals surface area (Å²) in [5.41, 5.74) is 3.29. The van der Waals surface area contributed by atoms with Gasteiger partial charge in [-0.25, -0.2) is 8.42 Å². The van der Waals surface area contributed by atoms with Gasteiger partial charge in [0.2, 0.25) is 15.9 Å². The van der Waals surface area contributed by atoms with E-state index in [4.69, 9.17) is 4.74 Å². The first-order chi connectivity index (χ1) is 12.6. The number of nitrogens with one attached hydrogen (secondary N) is 1. The van der Waals surface area contributed by atoms with E-state index >= 15 is 0 Å². The van der Waals surface area contributed by atoms with Gasteiger partial charge in [0.15, 0.2) is 0 Å². The Morgan fingerprint density at radius 2 is 1.70 bits per heavy atom. The van der Waals surface area contributed by atoms with E-state index in [0.717, 1.165) is 27.3 Å². The third-order valence-corrected chi connectivity index (χ3v) is 5.48. The predicted octanol–water partition coefficient (Wildman–Crippen LogP) is 2.78. The van der Waals surface area contributed by atoms with Crippen LogP contribution >= 0.6 is 0 Å². The number of anilines is 1. The van der Waals surface area contributed by atoms with Crippen LogP contribution in [0.2, 0.25) is 0 Å². The van der Waals surface area contributed by atoms with Crippen molar-refractivity contribution in [2.75, 3.05) is 17.7 Å². The molecule has 2 aromatic rings. The molecule has 1 N–H and O–H groups in total. The number of hydrogen-bond donors (Lipinski definition) is 1. The first-order valence-electron chi connectivity index (χ1n) is 8.60. The summed E-state index contributed by atoms with van der Waals surface area (Å²) in [6.07, 6.45) is 1.08. The Labute approximate surface area is 161 Å². The molecule has 0 aliphatic heterocycles. The molecule has 1 amide bonds. The maximum Gasteiger partial charge on any atom is 0.243 e. The van der Waals surface area contributed by atoms with Gasteiger partial charge >= 0.3 is 0 Å². The van der Waals surface area contributed by atoms with Gasteiger partial charge in [0.25, 0.3) is 0 Å². The average Bonchev–Trinajstić information content (AvgIpc) is 2.60. The molecule has 0 aromatic heterocycles. The molecule has 2 rings (SSSR count). The Morgan fingerprint density at radius 1 is 1.11 bits per heavy atom. The van der Waals surface area contributed by atoms with Crippen LogP contribution in [0.25, 0.3) is 0 Å². The van der Waals surface area contributed by atoms with E-state index < -0.39 is 16.1 Å². The monoisotopic (exact) mass is 390 g/mol. The first-order valence-corrected chi connectivity index (χ1v) is 10.5. The van der Waals surface area contributed by atoms with Gasteiger partial charge in [-0.1, -0.05) is 35.9 Å². The van der Waals surface area contributed by atoms with Crippen molar-refractivity contribution < 1.29 is 17.9 Å². The molecule has 0 radical (unpaired) electrons. The topological polar surface area (TPSA) is 75.7 Å². The van der Waals surface area contributed by atoms with Gasteiger partial charge in [-0.15, -0.1) is 0 Å². The molecule has 0 bridgehead atoms. The van der Waals surface area contributed by atoms with Crippen molar-refractivity contribution in [2.45, 2.75) is 33.4 Å². The number of methoxy groups -OCH3 is 1. The third-order valence-electron chi connectivity index (χ3n) is 4.25. The molecule has 0 aliphatic carbocycles. The molecule has 0 unspecified atom stereocenters. The number of carbonyl (C=O) groups is 1. The molecule has 2 aromatic carbocycles. The normalized spacial score (nSPS) is 12.3. The SMILES string of the molecule is COc1ccc(C)cc1N([C@@H](C)C(=O)NCc1ccc(C)cc1)S(C)(=O)=O. The number of nitrogens with zero attached hydrogens (tertiary/aromatic N) is 1. The zero-order chi connectivity index (χ0) is 20.2. The van der Waals surface area contributed by atoms with E-state index in [0.29, 0.717) is 18.0 Å². The molecular weight excluding hydrogens is 364 g/mol. The van der Waals surface area contributed by atoms with Crippen molar-refractivity contribution in [2.24, 2.45) is 0 Å². The maximum absolute atomic E-state index is 12.7. The van der Waals surface area contributed by atoms with Crippen molar-refractivity contribution in [3.05, 3.63) is 59.2 Å². The third kappa shape index (κ3) is 5.23. The molecule has 0 saturated heterocycles. The largest absolute Gasteiger partial charge is 0.495 e. The van der Waals surface area contributed by atoms with Crippen molar-refractivity contribution in [1.29, 1.82) is 0 Å². The predicted molar refractivity (Wildman–Crippen MR) is 108 cm³/mol. The second-order valence-electron chi connectivity index (χ2n) is 6.61. The lowest BCUT2D eigenvalue weighted by Crippen LogP contribution is -2.47. The number of aryl methyl sites for hydroxylation is 2. The quantitative estimate of drug-likeness (QED) is 0.789. The second kappa shape index (κ2) is 8.43. The summed E-state index contributed by atoms with van der Waals surface area (Å²) < 4.78 is 31.3. The van der Waals surface area contributed by atoms with Crippen molar-refractivity contribution >= 4 is 21.6 Å². The number of hydrogen-bond acceptors (Lipinski definition) is 4. The van der Waals surface area contributed by atoms with Crippen molar-refractivity contribution in [1.82, 2.24) is 5.32 Å². The van der Waals surface area contributed by atoms with Crippen LogP contribution in [0.15, 0.2) is 42.5 Å². The fraction of sp³-hybridized carbons (Fsp3) is 0.350. The Balaban J connectivity index is 2.27. The fourth-order valence-corrected chi connectivity index (χ4v) is 3.97. The maximum atomic E-state index is 12.7. The Hall–Kier alpha value is -2.54. The van der Waals surface area contributed by atoms with Crippen LogP contribution in [0.4, 0.5) is 5.69 Å². The lowest BCUT2D eigenvalue weighted by atomic mass is 10.1. The molecule has 0 heterocycles. The van der Waals surface area contributed by atoms with Crippen LogP contribution in [-0.2, 0) is 21.4 Å². The molecule has 0 fully saturated rings. The molecule has 0 aliphatic rings. The van der Waals surface area contributed by atoms with Crippen LogP contribution in [-0.4, -0.2) is 33.7 Å². The lowest BCUT2D eigenvalue weighted by molar-refractivity contribution is -0.122. The zero-order valence-electron chi connectivity index (χ0n) is 16.3. The van der Waals surface area contributed by atoms with E-state index in [2.05, 4.69) is 5.32 Å². The minimum absolute atomic E-state index is 0.325. The molecular formula is C20H26N2O4S. The van der Waals surface area contributed by atoms with Crippen LogP contribution in [0.5, 0.6) is 5.75 Å². The molecule has 27 heavy (non-hydrogen) atoms. The Bertz CT molecular complexity index is 908. The van der Waals surface area contributed by atoms with Gasteiger partial charge < -0.3 is 10.1 Å². The number of amides is 1. The summed E-state index contributed by atoms with van der Waals surface area (Å²) in [6, 6.07) is 12.1. The number of ether oxygens (including phenoxy) is 1. The fourth-order valence-electron chi connectivity index (χ4n) is 2.80. The van der Waals surface area contributed by atoms with Crippen molar-refractivity contribution in [3.63, 3.8) is 0 Å². The van der Waals surface area contributed by atoms with Crippen LogP contribution in [0.1, 0.15) is 23.6 Å². The number of carbonyl (C=O) groups excluding carboxylic acids is 1. The van der Waals surface area contributed by atoms with E-state index in [1.54, 1.807) is 19.1 Å². The average molecular weight is 391 g/mol. The van der Waals surface area contributed by atoms with Gasteiger partial charge in [0, 0.05) is 6.54 Å². The van der Waals surface area contributed by atoms with E-state index in [1.807, 2.05) is 44.2 Å². The minimum atomic E-state index is -3.71. The highest BCUT2D eigenvalue weighted by Crippen LogP contribution is 2.32. The Morgan fingerprint density at radius 3 is 2.26 bits per heavy atom. The van der Waals surface area contributed by atoms with E-state index in [9.17, 15) is 13.2 Å². The summed E-state index contributed by atoms with van der Waals surface area (Å²) in [7, 11) is -2.24. The van der Waals surface area contributed by atoms with E-state index in [1.165, 1.54) is 7.11 Å². The van der Waals surface area contributed by atoms with Gasteiger partial charge in [-0.2, -0.15) is 0 Å². The molecule has 1 atom stereocenters. The molecule has 0 spiro atoms. The van der Waals surface area contributed by atoms with Crippen molar-refractivity contribution in [3.8, 4) is 5.75 Å². The van der Waals surface area contributed by atoms with Gasteiger partial charge in [0.05, 0.1) is 19.1 Å². The smallest absolute Gasteiger partial charge is 0.243 e. The number of benzene rings is 2. The molecule has 0 saturated carbocycles. The summed E-state index contributed by atoms with van der Waals surface area (Å²) in [5, 5.41) is 2.81. The van der Waals surface area contributed by atoms with Gasteiger partial charge in [0.1, 0.15) is 11.8 Å². The summed E-state index contributed by atoms with van der Waals surface area (Å²) in [6.45, 7) is 5.73. The number of sulfonamides is 1. The standard InChI is InChI=1S/C20H26N2O4S/c1-14-6-9-17(10-7-14)13-21-20(23)16(3)22(27(5,24)25)18-12-15(2)8-11-19(18)26-4/h6-12,16H,13H2,1-5H3,(H,21,23)/t16-/m0/s1. The summed E-state index contributed by atoms with van der Waals surface area (Å²) >= 11 is 0. The molecule has 6 nitrogen and oxygen atoms in total. The Kier molecular flexibility index (Phi) is 6.49. The zero-order valence-corrected chi connectivity index (χ0v) is 17.1. The van der Waals surface area contributed by atoms with E-state index in [-0.39, 0.29) is 5.91 Å².